The number of hydrogen-bond donors (Lipinski definition) is 0. The van der Waals surface area contributed by atoms with Gasteiger partial charge in [0.2, 0.25) is 0 Å². The number of ketones is 1. The monoisotopic (exact) mass is 214 g/mol. The van der Waals surface area contributed by atoms with E-state index in [4.69, 9.17) is 0 Å². The second kappa shape index (κ2) is 3.16. The summed E-state index contributed by atoms with van der Waals surface area (Å²) in [5, 5.41) is 8.24. The summed E-state index contributed by atoms with van der Waals surface area (Å²) in [5.41, 5.74) is 2.60. The molecule has 1 aliphatic rings. The van der Waals surface area contributed by atoms with Crippen LogP contribution in [0.15, 0.2) is 29.8 Å². The quantitative estimate of drug-likeness (QED) is 0.718. The van der Waals surface area contributed by atoms with Gasteiger partial charge in [-0.1, -0.05) is 0 Å². The van der Waals surface area contributed by atoms with Crippen LogP contribution in [0.2, 0.25) is 0 Å². The highest BCUT2D eigenvalue weighted by Crippen LogP contribution is 2.23. The van der Waals surface area contributed by atoms with E-state index < -0.39 is 0 Å². The Morgan fingerprint density at radius 2 is 2.19 bits per heavy atom. The number of Topliss-reactive ketones (excluding diaryl/α,β-unsaturated/α-hetero) is 1. The Balaban J connectivity index is 2.11. The number of carbonyl (C=O) groups excluding carboxylic acids is 1. The molecule has 2 aromatic rings. The Morgan fingerprint density at radius 1 is 1.31 bits per heavy atom. The van der Waals surface area contributed by atoms with E-state index in [1.807, 2.05) is 25.5 Å². The minimum atomic E-state index is 0.102. The topological polar surface area (TPSA) is 52.2 Å². The summed E-state index contributed by atoms with van der Waals surface area (Å²) < 4.78 is 3.35. The zero-order valence-corrected chi connectivity index (χ0v) is 8.79. The van der Waals surface area contributed by atoms with Gasteiger partial charge in [0.1, 0.15) is 5.69 Å². The summed E-state index contributed by atoms with van der Waals surface area (Å²) >= 11 is 0. The smallest absolute Gasteiger partial charge is 0.186 e. The number of hydrogen-bond acceptors (Lipinski definition) is 3. The molecule has 0 bridgehead atoms. The van der Waals surface area contributed by atoms with Crippen molar-refractivity contribution >= 4 is 12.0 Å². The SMILES string of the molecule is Cn1cc(-c2cc3n(c2)N=CCC3=O)cn1. The zero-order valence-electron chi connectivity index (χ0n) is 8.79. The summed E-state index contributed by atoms with van der Waals surface area (Å²) in [6.45, 7) is 0. The summed E-state index contributed by atoms with van der Waals surface area (Å²) in [4.78, 5) is 11.6. The number of rotatable bonds is 1. The molecule has 0 atom stereocenters. The number of fused-ring (bicyclic) bond motifs is 1. The third-order valence-corrected chi connectivity index (χ3v) is 2.61. The van der Waals surface area contributed by atoms with Crippen LogP contribution in [0.1, 0.15) is 16.9 Å². The first kappa shape index (κ1) is 9.08. The Labute approximate surface area is 92.0 Å². The minimum absolute atomic E-state index is 0.102. The van der Waals surface area contributed by atoms with Crippen molar-refractivity contribution in [1.29, 1.82) is 0 Å². The second-order valence-electron chi connectivity index (χ2n) is 3.79. The van der Waals surface area contributed by atoms with Crippen molar-refractivity contribution in [3.05, 3.63) is 30.4 Å². The third-order valence-electron chi connectivity index (χ3n) is 2.61. The van der Waals surface area contributed by atoms with Crippen LogP contribution in [0.25, 0.3) is 11.1 Å². The van der Waals surface area contributed by atoms with E-state index in [0.29, 0.717) is 12.1 Å². The maximum atomic E-state index is 11.6. The lowest BCUT2D eigenvalue weighted by molar-refractivity contribution is 0.0990. The Bertz CT molecular complexity index is 591. The molecule has 0 aliphatic carbocycles. The van der Waals surface area contributed by atoms with Crippen LogP contribution < -0.4 is 0 Å². The molecule has 0 aromatic carbocycles. The van der Waals surface area contributed by atoms with Gasteiger partial charge in [-0.2, -0.15) is 10.2 Å². The van der Waals surface area contributed by atoms with Crippen LogP contribution >= 0.6 is 0 Å². The fourth-order valence-corrected chi connectivity index (χ4v) is 1.80. The molecule has 3 rings (SSSR count). The average molecular weight is 214 g/mol. The number of nitrogens with zero attached hydrogens (tertiary/aromatic N) is 4. The van der Waals surface area contributed by atoms with Gasteiger partial charge in [0, 0.05) is 43.2 Å². The first-order valence-corrected chi connectivity index (χ1v) is 5.01. The Hall–Kier alpha value is -2.17. The standard InChI is InChI=1S/C11H10N4O/c1-14-6-9(5-13-14)8-4-10-11(16)2-3-12-15(10)7-8/h3-7H,2H2,1H3. The molecule has 80 valence electrons. The minimum Gasteiger partial charge on any atom is -0.292 e. The second-order valence-corrected chi connectivity index (χ2v) is 3.79. The molecule has 0 fully saturated rings. The third kappa shape index (κ3) is 1.29. The van der Waals surface area contributed by atoms with Crippen LogP contribution in [0, 0.1) is 0 Å². The lowest BCUT2D eigenvalue weighted by Gasteiger charge is -2.04. The number of aromatic nitrogens is 3. The maximum absolute atomic E-state index is 11.6. The molecule has 0 saturated carbocycles. The summed E-state index contributed by atoms with van der Waals surface area (Å²) in [6.07, 6.45) is 7.55. The van der Waals surface area contributed by atoms with Crippen molar-refractivity contribution < 1.29 is 4.79 Å². The van der Waals surface area contributed by atoms with Crippen LogP contribution in [0.4, 0.5) is 0 Å². The van der Waals surface area contributed by atoms with Crippen molar-refractivity contribution in [2.45, 2.75) is 6.42 Å². The average Bonchev–Trinajstić information content (AvgIpc) is 2.84. The van der Waals surface area contributed by atoms with E-state index in [-0.39, 0.29) is 5.78 Å². The number of carbonyl (C=O) groups is 1. The fraction of sp³-hybridized carbons (Fsp3) is 0.182. The lowest BCUT2D eigenvalue weighted by atomic mass is 10.1. The molecular weight excluding hydrogens is 204 g/mol. The molecule has 0 spiro atoms. The highest BCUT2D eigenvalue weighted by molar-refractivity contribution is 6.04. The predicted molar refractivity (Wildman–Crippen MR) is 59.5 cm³/mol. The normalized spacial score (nSPS) is 14.2. The van der Waals surface area contributed by atoms with Crippen molar-refractivity contribution in [3.8, 4) is 11.1 Å². The van der Waals surface area contributed by atoms with Crippen molar-refractivity contribution in [2.75, 3.05) is 0 Å². The molecular formula is C11H10N4O. The van der Waals surface area contributed by atoms with E-state index in [0.717, 1.165) is 11.1 Å². The van der Waals surface area contributed by atoms with E-state index >= 15 is 0 Å². The molecule has 1 aliphatic heterocycles. The van der Waals surface area contributed by atoms with Gasteiger partial charge in [0.25, 0.3) is 0 Å². The van der Waals surface area contributed by atoms with Gasteiger partial charge in [0.15, 0.2) is 5.78 Å². The first-order valence-electron chi connectivity index (χ1n) is 5.01. The summed E-state index contributed by atoms with van der Waals surface area (Å²) in [6, 6.07) is 1.86. The van der Waals surface area contributed by atoms with Gasteiger partial charge in [-0.3, -0.25) is 9.48 Å². The molecule has 3 heterocycles. The molecule has 16 heavy (non-hydrogen) atoms. The lowest BCUT2D eigenvalue weighted by Crippen LogP contribution is -2.10. The molecule has 0 N–H and O–H groups in total. The molecule has 0 amide bonds. The molecule has 5 heteroatoms. The Morgan fingerprint density at radius 3 is 2.88 bits per heavy atom. The molecule has 2 aromatic heterocycles. The van der Waals surface area contributed by atoms with E-state index in [1.54, 1.807) is 21.8 Å². The zero-order chi connectivity index (χ0) is 11.1. The van der Waals surface area contributed by atoms with Crippen molar-refractivity contribution in [3.63, 3.8) is 0 Å². The molecule has 5 nitrogen and oxygen atoms in total. The Kier molecular flexibility index (Phi) is 1.80. The van der Waals surface area contributed by atoms with Crippen LogP contribution in [-0.4, -0.2) is 26.5 Å². The molecule has 0 saturated heterocycles. The van der Waals surface area contributed by atoms with Crippen LogP contribution in [0.3, 0.4) is 0 Å². The highest BCUT2D eigenvalue weighted by Gasteiger charge is 2.16. The van der Waals surface area contributed by atoms with Gasteiger partial charge in [0.05, 0.1) is 6.20 Å². The summed E-state index contributed by atoms with van der Waals surface area (Å²) in [7, 11) is 1.86. The predicted octanol–water partition coefficient (Wildman–Crippen LogP) is 1.31. The number of aryl methyl sites for hydroxylation is 1. The van der Waals surface area contributed by atoms with E-state index in [9.17, 15) is 4.79 Å². The fourth-order valence-electron chi connectivity index (χ4n) is 1.80. The molecule has 0 unspecified atom stereocenters. The highest BCUT2D eigenvalue weighted by atomic mass is 16.1. The van der Waals surface area contributed by atoms with Crippen molar-refractivity contribution in [2.24, 2.45) is 12.1 Å². The van der Waals surface area contributed by atoms with Gasteiger partial charge in [-0.15, -0.1) is 0 Å². The first-order chi connectivity index (χ1) is 7.74. The van der Waals surface area contributed by atoms with Crippen LogP contribution in [0.5, 0.6) is 0 Å². The van der Waals surface area contributed by atoms with Crippen LogP contribution in [-0.2, 0) is 7.05 Å². The summed E-state index contributed by atoms with van der Waals surface area (Å²) in [5.74, 6) is 0.102. The van der Waals surface area contributed by atoms with Crippen molar-refractivity contribution in [1.82, 2.24) is 14.5 Å². The van der Waals surface area contributed by atoms with Gasteiger partial charge in [-0.05, 0) is 6.07 Å². The van der Waals surface area contributed by atoms with Gasteiger partial charge >= 0.3 is 0 Å². The molecule has 0 radical (unpaired) electrons. The van der Waals surface area contributed by atoms with E-state index in [1.165, 1.54) is 0 Å². The van der Waals surface area contributed by atoms with Gasteiger partial charge < -0.3 is 0 Å². The largest absolute Gasteiger partial charge is 0.292 e. The maximum Gasteiger partial charge on any atom is 0.186 e. The van der Waals surface area contributed by atoms with Gasteiger partial charge in [-0.25, -0.2) is 4.68 Å². The van der Waals surface area contributed by atoms with E-state index in [2.05, 4.69) is 10.2 Å².